The predicted octanol–water partition coefficient (Wildman–Crippen LogP) is 3.38. The van der Waals surface area contributed by atoms with E-state index < -0.39 is 0 Å². The normalized spacial score (nSPS) is 10.2. The molecule has 0 saturated heterocycles. The third-order valence-corrected chi connectivity index (χ3v) is 3.88. The van der Waals surface area contributed by atoms with Gasteiger partial charge in [-0.25, -0.2) is 0 Å². The van der Waals surface area contributed by atoms with Gasteiger partial charge >= 0.3 is 0 Å². The number of carbonyl (C=O) groups is 1. The second-order valence-electron chi connectivity index (χ2n) is 3.93. The van der Waals surface area contributed by atoms with E-state index in [9.17, 15) is 4.79 Å². The Kier molecular flexibility index (Phi) is 4.82. The summed E-state index contributed by atoms with van der Waals surface area (Å²) in [5.41, 5.74) is 0.539. The van der Waals surface area contributed by atoms with Crippen LogP contribution >= 0.6 is 22.9 Å². The molecule has 1 heterocycles. The Morgan fingerprint density at radius 2 is 2.26 bits per heavy atom. The molecule has 0 spiro atoms. The zero-order valence-electron chi connectivity index (χ0n) is 10.5. The van der Waals surface area contributed by atoms with Crippen LogP contribution in [0.4, 0.5) is 0 Å². The van der Waals surface area contributed by atoms with Crippen molar-refractivity contribution in [3.63, 3.8) is 0 Å². The lowest BCUT2D eigenvalue weighted by Crippen LogP contribution is -2.25. The first-order valence-electron chi connectivity index (χ1n) is 5.85. The van der Waals surface area contributed by atoms with E-state index in [0.29, 0.717) is 22.9 Å². The van der Waals surface area contributed by atoms with Gasteiger partial charge in [0, 0.05) is 17.0 Å². The zero-order valence-corrected chi connectivity index (χ0v) is 12.1. The Hall–Kier alpha value is -1.52. The van der Waals surface area contributed by atoms with Crippen molar-refractivity contribution >= 4 is 28.8 Å². The Morgan fingerprint density at radius 3 is 2.89 bits per heavy atom. The molecule has 5 heteroatoms. The number of methoxy groups -OCH3 is 1. The summed E-state index contributed by atoms with van der Waals surface area (Å²) in [6, 6.07) is 9.06. The van der Waals surface area contributed by atoms with Gasteiger partial charge in [0.05, 0.1) is 12.1 Å². The summed E-state index contributed by atoms with van der Waals surface area (Å²) >= 11 is 7.67. The van der Waals surface area contributed by atoms with Crippen LogP contribution < -0.4 is 10.1 Å². The average Bonchev–Trinajstić information content (AvgIpc) is 2.91. The standard InChI is InChI=1S/C14H14ClNO2S/c1-18-13-5-4-10(9-12(13)15)14(17)16-7-6-11-3-2-8-19-11/h2-5,8-9H,6-7H2,1H3,(H,16,17). The van der Waals surface area contributed by atoms with Crippen molar-refractivity contribution in [2.45, 2.75) is 6.42 Å². The first kappa shape index (κ1) is 13.9. The number of halogens is 1. The highest BCUT2D eigenvalue weighted by Crippen LogP contribution is 2.24. The summed E-state index contributed by atoms with van der Waals surface area (Å²) in [6.45, 7) is 0.614. The van der Waals surface area contributed by atoms with Crippen LogP contribution in [0, 0.1) is 0 Å². The third-order valence-electron chi connectivity index (χ3n) is 2.65. The van der Waals surface area contributed by atoms with Crippen LogP contribution in [0.25, 0.3) is 0 Å². The number of rotatable bonds is 5. The number of ether oxygens (including phenoxy) is 1. The molecule has 0 atom stereocenters. The number of hydrogen-bond donors (Lipinski definition) is 1. The highest BCUT2D eigenvalue weighted by molar-refractivity contribution is 7.09. The molecule has 0 fully saturated rings. The molecule has 1 N–H and O–H groups in total. The van der Waals surface area contributed by atoms with E-state index in [4.69, 9.17) is 16.3 Å². The summed E-state index contributed by atoms with van der Waals surface area (Å²) in [7, 11) is 1.54. The van der Waals surface area contributed by atoms with Gasteiger partial charge in [-0.3, -0.25) is 4.79 Å². The molecule has 0 aliphatic heterocycles. The van der Waals surface area contributed by atoms with Crippen molar-refractivity contribution in [3.8, 4) is 5.75 Å². The maximum Gasteiger partial charge on any atom is 0.251 e. The molecule has 0 saturated carbocycles. The van der Waals surface area contributed by atoms with E-state index in [1.165, 1.54) is 4.88 Å². The van der Waals surface area contributed by atoms with Gasteiger partial charge in [-0.15, -0.1) is 11.3 Å². The number of thiophene rings is 1. The summed E-state index contributed by atoms with van der Waals surface area (Å²) in [4.78, 5) is 13.2. The monoisotopic (exact) mass is 295 g/mol. The molecule has 100 valence electrons. The smallest absolute Gasteiger partial charge is 0.251 e. The van der Waals surface area contributed by atoms with Gasteiger partial charge in [0.25, 0.3) is 5.91 Å². The molecule has 0 radical (unpaired) electrons. The van der Waals surface area contributed by atoms with Crippen molar-refractivity contribution < 1.29 is 9.53 Å². The topological polar surface area (TPSA) is 38.3 Å². The largest absolute Gasteiger partial charge is 0.495 e. The lowest BCUT2D eigenvalue weighted by molar-refractivity contribution is 0.0954. The molecule has 0 aliphatic carbocycles. The van der Waals surface area contributed by atoms with E-state index in [2.05, 4.69) is 11.4 Å². The van der Waals surface area contributed by atoms with Crippen LogP contribution in [0.2, 0.25) is 5.02 Å². The number of benzene rings is 1. The minimum atomic E-state index is -0.124. The van der Waals surface area contributed by atoms with E-state index in [1.54, 1.807) is 36.6 Å². The number of hydrogen-bond acceptors (Lipinski definition) is 3. The Bertz CT molecular complexity index is 555. The van der Waals surface area contributed by atoms with Crippen molar-refractivity contribution in [1.82, 2.24) is 5.32 Å². The van der Waals surface area contributed by atoms with Crippen molar-refractivity contribution in [2.24, 2.45) is 0 Å². The van der Waals surface area contributed by atoms with Gasteiger partial charge in [-0.2, -0.15) is 0 Å². The van der Waals surface area contributed by atoms with Crippen molar-refractivity contribution in [3.05, 3.63) is 51.2 Å². The van der Waals surface area contributed by atoms with E-state index in [1.807, 2.05) is 11.4 Å². The van der Waals surface area contributed by atoms with Gasteiger partial charge in [0.15, 0.2) is 0 Å². The molecular weight excluding hydrogens is 282 g/mol. The summed E-state index contributed by atoms with van der Waals surface area (Å²) in [5.74, 6) is 0.443. The van der Waals surface area contributed by atoms with Gasteiger partial charge in [-0.1, -0.05) is 17.7 Å². The molecule has 1 aromatic carbocycles. The number of nitrogens with one attached hydrogen (secondary N) is 1. The van der Waals surface area contributed by atoms with Gasteiger partial charge < -0.3 is 10.1 Å². The molecule has 2 aromatic rings. The van der Waals surface area contributed by atoms with Gasteiger partial charge in [0.2, 0.25) is 0 Å². The average molecular weight is 296 g/mol. The van der Waals surface area contributed by atoms with Crippen molar-refractivity contribution in [2.75, 3.05) is 13.7 Å². The first-order valence-corrected chi connectivity index (χ1v) is 7.10. The summed E-state index contributed by atoms with van der Waals surface area (Å²) in [5, 5.41) is 5.34. The van der Waals surface area contributed by atoms with E-state index >= 15 is 0 Å². The fourth-order valence-corrected chi connectivity index (χ4v) is 2.63. The van der Waals surface area contributed by atoms with Crippen molar-refractivity contribution in [1.29, 1.82) is 0 Å². The molecule has 1 amide bonds. The number of carbonyl (C=O) groups excluding carboxylic acids is 1. The molecular formula is C14H14ClNO2S. The third kappa shape index (κ3) is 3.72. The molecule has 19 heavy (non-hydrogen) atoms. The fraction of sp³-hybridized carbons (Fsp3) is 0.214. The highest BCUT2D eigenvalue weighted by Gasteiger charge is 2.08. The first-order chi connectivity index (χ1) is 9.20. The van der Waals surface area contributed by atoms with Crippen LogP contribution in [0.15, 0.2) is 35.7 Å². The zero-order chi connectivity index (χ0) is 13.7. The molecule has 2 rings (SSSR count). The Labute approximate surface area is 121 Å². The van der Waals surface area contributed by atoms with Crippen LogP contribution in [0.3, 0.4) is 0 Å². The van der Waals surface area contributed by atoms with Crippen LogP contribution in [-0.4, -0.2) is 19.6 Å². The minimum absolute atomic E-state index is 0.124. The Morgan fingerprint density at radius 1 is 1.42 bits per heavy atom. The van der Waals surface area contributed by atoms with Crippen LogP contribution in [0.5, 0.6) is 5.75 Å². The molecule has 0 unspecified atom stereocenters. The van der Waals surface area contributed by atoms with E-state index in [-0.39, 0.29) is 5.91 Å². The lowest BCUT2D eigenvalue weighted by Gasteiger charge is -2.07. The van der Waals surface area contributed by atoms with Crippen LogP contribution in [-0.2, 0) is 6.42 Å². The number of amides is 1. The second-order valence-corrected chi connectivity index (χ2v) is 5.37. The quantitative estimate of drug-likeness (QED) is 0.918. The maximum atomic E-state index is 11.9. The maximum absolute atomic E-state index is 11.9. The Balaban J connectivity index is 1.91. The van der Waals surface area contributed by atoms with E-state index in [0.717, 1.165) is 6.42 Å². The fourth-order valence-electron chi connectivity index (χ4n) is 1.66. The molecule has 0 bridgehead atoms. The van der Waals surface area contributed by atoms with Gasteiger partial charge in [0.1, 0.15) is 5.75 Å². The molecule has 1 aromatic heterocycles. The lowest BCUT2D eigenvalue weighted by atomic mass is 10.2. The summed E-state index contributed by atoms with van der Waals surface area (Å²) < 4.78 is 5.05. The highest BCUT2D eigenvalue weighted by atomic mass is 35.5. The minimum Gasteiger partial charge on any atom is -0.495 e. The second kappa shape index (κ2) is 6.59. The molecule has 0 aliphatic rings. The molecule has 3 nitrogen and oxygen atoms in total. The predicted molar refractivity (Wildman–Crippen MR) is 78.4 cm³/mol. The van der Waals surface area contributed by atoms with Crippen LogP contribution in [0.1, 0.15) is 15.2 Å². The SMILES string of the molecule is COc1ccc(C(=O)NCCc2cccs2)cc1Cl. The summed E-state index contributed by atoms with van der Waals surface area (Å²) in [6.07, 6.45) is 0.841. The van der Waals surface area contributed by atoms with Gasteiger partial charge in [-0.05, 0) is 36.1 Å².